The van der Waals surface area contributed by atoms with Gasteiger partial charge in [0.2, 0.25) is 0 Å². The van der Waals surface area contributed by atoms with Crippen LogP contribution in [0.1, 0.15) is 26.2 Å². The Kier molecular flexibility index (Phi) is 4.02. The van der Waals surface area contributed by atoms with Gasteiger partial charge < -0.3 is 9.80 Å². The standard InChI is InChI=1S/C10H22N2/c1-4-7-11(2)9-10-6-5-8-12(10)3/h10H,4-9H2,1-3H3. The summed E-state index contributed by atoms with van der Waals surface area (Å²) in [5.41, 5.74) is 0. The van der Waals surface area contributed by atoms with Crippen molar-refractivity contribution in [3.63, 3.8) is 0 Å². The number of hydrogen-bond donors (Lipinski definition) is 0. The molecule has 1 atom stereocenters. The Labute approximate surface area is 76.5 Å². The van der Waals surface area contributed by atoms with Crippen LogP contribution < -0.4 is 0 Å². The van der Waals surface area contributed by atoms with Crippen LogP contribution in [0.25, 0.3) is 0 Å². The summed E-state index contributed by atoms with van der Waals surface area (Å²) in [6, 6.07) is 0.821. The van der Waals surface area contributed by atoms with Gasteiger partial charge in [0, 0.05) is 12.6 Å². The van der Waals surface area contributed by atoms with Crippen LogP contribution in [0.4, 0.5) is 0 Å². The van der Waals surface area contributed by atoms with E-state index in [-0.39, 0.29) is 0 Å². The Balaban J connectivity index is 2.20. The van der Waals surface area contributed by atoms with Crippen LogP contribution in [0.5, 0.6) is 0 Å². The second-order valence-corrected chi connectivity index (χ2v) is 4.04. The minimum absolute atomic E-state index is 0.821. The summed E-state index contributed by atoms with van der Waals surface area (Å²) >= 11 is 0. The van der Waals surface area contributed by atoms with Gasteiger partial charge in [-0.25, -0.2) is 0 Å². The van der Waals surface area contributed by atoms with E-state index in [2.05, 4.69) is 30.8 Å². The third-order valence-corrected chi connectivity index (χ3v) is 2.80. The largest absolute Gasteiger partial charge is 0.305 e. The minimum atomic E-state index is 0.821. The van der Waals surface area contributed by atoms with Gasteiger partial charge in [-0.05, 0) is 46.4 Å². The maximum atomic E-state index is 2.49. The molecule has 1 aliphatic rings. The zero-order valence-electron chi connectivity index (χ0n) is 8.71. The quantitative estimate of drug-likeness (QED) is 0.629. The van der Waals surface area contributed by atoms with Crippen LogP contribution in [-0.4, -0.2) is 49.6 Å². The van der Waals surface area contributed by atoms with Crippen molar-refractivity contribution in [3.8, 4) is 0 Å². The van der Waals surface area contributed by atoms with E-state index >= 15 is 0 Å². The number of likely N-dealkylation sites (tertiary alicyclic amines) is 1. The molecule has 0 aliphatic carbocycles. The molecule has 1 rings (SSSR count). The lowest BCUT2D eigenvalue weighted by atomic mass is 10.2. The Morgan fingerprint density at radius 1 is 1.50 bits per heavy atom. The summed E-state index contributed by atoms with van der Waals surface area (Å²) in [5, 5.41) is 0. The molecule has 12 heavy (non-hydrogen) atoms. The number of nitrogens with zero attached hydrogens (tertiary/aromatic N) is 2. The summed E-state index contributed by atoms with van der Waals surface area (Å²) in [5.74, 6) is 0. The van der Waals surface area contributed by atoms with Crippen LogP contribution in [0.15, 0.2) is 0 Å². The zero-order chi connectivity index (χ0) is 8.97. The zero-order valence-corrected chi connectivity index (χ0v) is 8.71. The molecule has 2 heteroatoms. The highest BCUT2D eigenvalue weighted by atomic mass is 15.2. The van der Waals surface area contributed by atoms with Crippen molar-refractivity contribution >= 4 is 0 Å². The van der Waals surface area contributed by atoms with E-state index in [4.69, 9.17) is 0 Å². The van der Waals surface area contributed by atoms with Crippen molar-refractivity contribution < 1.29 is 0 Å². The van der Waals surface area contributed by atoms with E-state index in [1.54, 1.807) is 0 Å². The molecular formula is C10H22N2. The summed E-state index contributed by atoms with van der Waals surface area (Å²) < 4.78 is 0. The van der Waals surface area contributed by atoms with E-state index in [1.165, 1.54) is 38.9 Å². The molecule has 0 saturated carbocycles. The first kappa shape index (κ1) is 10.0. The maximum absolute atomic E-state index is 2.49. The molecule has 1 unspecified atom stereocenters. The molecule has 1 aliphatic heterocycles. The van der Waals surface area contributed by atoms with Crippen LogP contribution in [-0.2, 0) is 0 Å². The third kappa shape index (κ3) is 2.76. The van der Waals surface area contributed by atoms with Crippen LogP contribution in [0.2, 0.25) is 0 Å². The fourth-order valence-corrected chi connectivity index (χ4v) is 2.04. The van der Waals surface area contributed by atoms with Gasteiger partial charge in [-0.2, -0.15) is 0 Å². The summed E-state index contributed by atoms with van der Waals surface area (Å²) in [4.78, 5) is 4.94. The molecule has 0 spiro atoms. The minimum Gasteiger partial charge on any atom is -0.305 e. The molecular weight excluding hydrogens is 148 g/mol. The Morgan fingerprint density at radius 3 is 2.75 bits per heavy atom. The monoisotopic (exact) mass is 170 g/mol. The second-order valence-electron chi connectivity index (χ2n) is 4.04. The molecule has 0 aromatic rings. The van der Waals surface area contributed by atoms with Crippen LogP contribution in [0.3, 0.4) is 0 Å². The van der Waals surface area contributed by atoms with Crippen LogP contribution in [0, 0.1) is 0 Å². The molecule has 0 amide bonds. The van der Waals surface area contributed by atoms with Crippen molar-refractivity contribution in [2.24, 2.45) is 0 Å². The summed E-state index contributed by atoms with van der Waals surface area (Å²) in [6.45, 7) is 6.04. The highest BCUT2D eigenvalue weighted by Gasteiger charge is 2.21. The smallest absolute Gasteiger partial charge is 0.0220 e. The molecule has 1 fully saturated rings. The normalized spacial score (nSPS) is 25.5. The van der Waals surface area contributed by atoms with Gasteiger partial charge in [0.1, 0.15) is 0 Å². The third-order valence-electron chi connectivity index (χ3n) is 2.80. The number of rotatable bonds is 4. The SMILES string of the molecule is CCCN(C)CC1CCCN1C. The summed E-state index contributed by atoms with van der Waals surface area (Å²) in [6.07, 6.45) is 4.05. The molecule has 0 radical (unpaired) electrons. The van der Waals surface area contributed by atoms with E-state index in [1.807, 2.05) is 0 Å². The van der Waals surface area contributed by atoms with Gasteiger partial charge in [-0.3, -0.25) is 0 Å². The van der Waals surface area contributed by atoms with Crippen molar-refractivity contribution in [1.29, 1.82) is 0 Å². The van der Waals surface area contributed by atoms with Gasteiger partial charge in [-0.15, -0.1) is 0 Å². The molecule has 0 N–H and O–H groups in total. The van der Waals surface area contributed by atoms with Crippen LogP contribution >= 0.6 is 0 Å². The van der Waals surface area contributed by atoms with Gasteiger partial charge >= 0.3 is 0 Å². The predicted octanol–water partition coefficient (Wildman–Crippen LogP) is 1.42. The van der Waals surface area contributed by atoms with Crippen molar-refractivity contribution in [2.75, 3.05) is 33.7 Å². The Bertz CT molecular complexity index is 125. The highest BCUT2D eigenvalue weighted by Crippen LogP contribution is 2.15. The molecule has 72 valence electrons. The number of likely N-dealkylation sites (N-methyl/N-ethyl adjacent to an activating group) is 2. The lowest BCUT2D eigenvalue weighted by Crippen LogP contribution is -2.36. The first-order chi connectivity index (χ1) is 5.74. The van der Waals surface area contributed by atoms with E-state index in [9.17, 15) is 0 Å². The van der Waals surface area contributed by atoms with E-state index in [0.29, 0.717) is 0 Å². The fraction of sp³-hybridized carbons (Fsp3) is 1.00. The fourth-order valence-electron chi connectivity index (χ4n) is 2.04. The van der Waals surface area contributed by atoms with E-state index in [0.717, 1.165) is 6.04 Å². The lowest BCUT2D eigenvalue weighted by Gasteiger charge is -2.25. The lowest BCUT2D eigenvalue weighted by molar-refractivity contribution is 0.220. The molecule has 1 saturated heterocycles. The Morgan fingerprint density at radius 2 is 2.25 bits per heavy atom. The highest BCUT2D eigenvalue weighted by molar-refractivity contribution is 4.78. The van der Waals surface area contributed by atoms with E-state index < -0.39 is 0 Å². The van der Waals surface area contributed by atoms with Crippen molar-refractivity contribution in [1.82, 2.24) is 9.80 Å². The molecule has 0 bridgehead atoms. The Hall–Kier alpha value is -0.0800. The predicted molar refractivity (Wildman–Crippen MR) is 53.4 cm³/mol. The number of hydrogen-bond acceptors (Lipinski definition) is 2. The van der Waals surface area contributed by atoms with Gasteiger partial charge in [0.15, 0.2) is 0 Å². The van der Waals surface area contributed by atoms with Crippen molar-refractivity contribution in [2.45, 2.75) is 32.2 Å². The molecule has 0 aromatic carbocycles. The van der Waals surface area contributed by atoms with Gasteiger partial charge in [-0.1, -0.05) is 6.92 Å². The average molecular weight is 170 g/mol. The first-order valence-corrected chi connectivity index (χ1v) is 5.12. The van der Waals surface area contributed by atoms with Gasteiger partial charge in [0.05, 0.1) is 0 Å². The second kappa shape index (κ2) is 4.83. The molecule has 0 aromatic heterocycles. The topological polar surface area (TPSA) is 6.48 Å². The summed E-state index contributed by atoms with van der Waals surface area (Å²) in [7, 11) is 4.48. The molecule has 2 nitrogen and oxygen atoms in total. The maximum Gasteiger partial charge on any atom is 0.0220 e. The first-order valence-electron chi connectivity index (χ1n) is 5.12. The molecule has 1 heterocycles. The average Bonchev–Trinajstić information content (AvgIpc) is 2.37. The van der Waals surface area contributed by atoms with Gasteiger partial charge in [0.25, 0.3) is 0 Å². The van der Waals surface area contributed by atoms with Crippen molar-refractivity contribution in [3.05, 3.63) is 0 Å².